The van der Waals surface area contributed by atoms with Crippen molar-refractivity contribution < 1.29 is 5.11 Å². The van der Waals surface area contributed by atoms with Crippen LogP contribution in [0, 0.1) is 18.6 Å². The molecule has 0 bridgehead atoms. The van der Waals surface area contributed by atoms with Crippen molar-refractivity contribution in [2.24, 2.45) is 4.99 Å². The number of benzene rings is 2. The summed E-state index contributed by atoms with van der Waals surface area (Å²) in [4.78, 5) is 19.4. The Hall–Kier alpha value is -2.99. The number of H-pyrrole nitrogens is 1. The van der Waals surface area contributed by atoms with Gasteiger partial charge in [0.05, 0.1) is 11.4 Å². The molecule has 0 spiro atoms. The molecule has 4 rings (SSSR count). The summed E-state index contributed by atoms with van der Waals surface area (Å²) in [6, 6.07) is 11.8. The highest BCUT2D eigenvalue weighted by Crippen LogP contribution is 2.27. The molecule has 1 aliphatic rings. The number of nitrogens with one attached hydrogen (secondary N) is 1. The van der Waals surface area contributed by atoms with Gasteiger partial charge in [-0.15, -0.1) is 0 Å². The van der Waals surface area contributed by atoms with E-state index in [4.69, 9.17) is 12.2 Å². The number of aromatic nitrogens is 2. The monoisotopic (exact) mass is 391 g/mol. The van der Waals surface area contributed by atoms with Crippen molar-refractivity contribution in [1.29, 1.82) is 0 Å². The third kappa shape index (κ3) is 3.31. The lowest BCUT2D eigenvalue weighted by Gasteiger charge is -2.12. The van der Waals surface area contributed by atoms with Gasteiger partial charge in [0.25, 0.3) is 5.56 Å². The van der Waals surface area contributed by atoms with Gasteiger partial charge in [0, 0.05) is 6.21 Å². The van der Waals surface area contributed by atoms with E-state index in [1.54, 1.807) is 0 Å². The molecule has 3 aromatic rings. The average Bonchev–Trinajstić information content (AvgIpc) is 3.12. The van der Waals surface area contributed by atoms with Crippen LogP contribution < -0.4 is 5.56 Å². The van der Waals surface area contributed by atoms with E-state index in [0.29, 0.717) is 5.69 Å². The molecule has 2 N–H and O–H groups in total. The fraction of sp³-hybridized carbons (Fsp3) is 0.227. The van der Waals surface area contributed by atoms with Gasteiger partial charge in [0.2, 0.25) is 5.88 Å². The fourth-order valence-electron chi connectivity index (χ4n) is 3.54. The Morgan fingerprint density at radius 2 is 1.89 bits per heavy atom. The Bertz CT molecular complexity index is 1220. The second-order valence-corrected chi connectivity index (χ2v) is 7.55. The molecule has 0 unspecified atom stereocenters. The van der Waals surface area contributed by atoms with Crippen molar-refractivity contribution in [2.45, 2.75) is 33.1 Å². The third-order valence-corrected chi connectivity index (χ3v) is 5.58. The molecule has 0 radical (unpaired) electrons. The molecule has 5 nitrogen and oxygen atoms in total. The van der Waals surface area contributed by atoms with E-state index in [1.807, 2.05) is 44.2 Å². The van der Waals surface area contributed by atoms with Crippen molar-refractivity contribution in [2.75, 3.05) is 0 Å². The van der Waals surface area contributed by atoms with Crippen LogP contribution in [0.25, 0.3) is 5.69 Å². The predicted octanol–water partition coefficient (Wildman–Crippen LogP) is 4.46. The van der Waals surface area contributed by atoms with Crippen LogP contribution in [0.2, 0.25) is 0 Å². The number of fused-ring (bicyclic) bond motifs is 1. The summed E-state index contributed by atoms with van der Waals surface area (Å²) in [5.74, 6) is -0.220. The van der Waals surface area contributed by atoms with E-state index in [0.717, 1.165) is 29.7 Å². The average molecular weight is 391 g/mol. The summed E-state index contributed by atoms with van der Waals surface area (Å²) < 4.78 is 1.59. The number of rotatable bonds is 3. The maximum atomic E-state index is 12.4. The molecular weight excluding hydrogens is 370 g/mol. The van der Waals surface area contributed by atoms with E-state index in [9.17, 15) is 9.90 Å². The first-order valence-corrected chi connectivity index (χ1v) is 9.66. The maximum absolute atomic E-state index is 12.4. The van der Waals surface area contributed by atoms with E-state index in [1.165, 1.54) is 28.3 Å². The molecule has 1 aliphatic carbocycles. The normalized spacial score (nSPS) is 13.2. The minimum atomic E-state index is -0.465. The van der Waals surface area contributed by atoms with E-state index < -0.39 is 5.56 Å². The molecule has 6 heteroatoms. The zero-order chi connectivity index (χ0) is 19.8. The zero-order valence-electron chi connectivity index (χ0n) is 15.8. The summed E-state index contributed by atoms with van der Waals surface area (Å²) in [5, 5.41) is 10.8. The van der Waals surface area contributed by atoms with Crippen LogP contribution in [0.4, 0.5) is 5.69 Å². The fourth-order valence-corrected chi connectivity index (χ4v) is 3.82. The second-order valence-electron chi connectivity index (χ2n) is 7.17. The van der Waals surface area contributed by atoms with Gasteiger partial charge in [-0.25, -0.2) is 0 Å². The molecule has 1 heterocycles. The van der Waals surface area contributed by atoms with Crippen LogP contribution in [-0.2, 0) is 12.8 Å². The number of hydrogen-bond donors (Lipinski definition) is 2. The van der Waals surface area contributed by atoms with Crippen molar-refractivity contribution in [1.82, 2.24) is 9.55 Å². The standard InChI is InChI=1S/C22H21N3O2S/c1-13-6-9-18(10-14(13)2)25-21(27)19(20(26)24-22(25)28)12-23-17-8-7-15-4-3-5-16(15)11-17/h6-12,27H,3-5H2,1-2H3,(H,24,26,28). The van der Waals surface area contributed by atoms with E-state index in [-0.39, 0.29) is 16.2 Å². The summed E-state index contributed by atoms with van der Waals surface area (Å²) in [6.45, 7) is 4.00. The quantitative estimate of drug-likeness (QED) is 0.512. The summed E-state index contributed by atoms with van der Waals surface area (Å²) in [6.07, 6.45) is 4.73. The topological polar surface area (TPSA) is 70.4 Å². The summed E-state index contributed by atoms with van der Waals surface area (Å²) >= 11 is 5.28. The molecule has 0 saturated heterocycles. The van der Waals surface area contributed by atoms with Crippen molar-refractivity contribution in [3.8, 4) is 11.6 Å². The largest absolute Gasteiger partial charge is 0.494 e. The highest BCUT2D eigenvalue weighted by atomic mass is 32.1. The minimum absolute atomic E-state index is 0.0762. The first kappa shape index (κ1) is 18.4. The Kier molecular flexibility index (Phi) is 4.73. The SMILES string of the molecule is Cc1ccc(-n2c(O)c(C=Nc3ccc4c(c3)CCC4)c(=O)[nH]c2=S)cc1C. The third-order valence-electron chi connectivity index (χ3n) is 5.29. The predicted molar refractivity (Wildman–Crippen MR) is 114 cm³/mol. The summed E-state index contributed by atoms with van der Waals surface area (Å²) in [5.41, 5.74) is 5.94. The molecule has 0 amide bonds. The van der Waals surface area contributed by atoms with Gasteiger partial charge in [0.15, 0.2) is 4.77 Å². The van der Waals surface area contributed by atoms with E-state index in [2.05, 4.69) is 16.0 Å². The van der Waals surface area contributed by atoms with Gasteiger partial charge in [-0.05, 0) is 91.8 Å². The lowest BCUT2D eigenvalue weighted by Crippen LogP contribution is -2.18. The minimum Gasteiger partial charge on any atom is -0.494 e. The van der Waals surface area contributed by atoms with Crippen molar-refractivity contribution in [3.05, 3.63) is 79.3 Å². The number of aliphatic imine (C=N–C) groups is 1. The van der Waals surface area contributed by atoms with Gasteiger partial charge in [-0.2, -0.15) is 0 Å². The van der Waals surface area contributed by atoms with Crippen LogP contribution in [0.15, 0.2) is 46.2 Å². The Morgan fingerprint density at radius 1 is 1.11 bits per heavy atom. The van der Waals surface area contributed by atoms with Crippen LogP contribution in [0.5, 0.6) is 5.88 Å². The maximum Gasteiger partial charge on any atom is 0.264 e. The molecule has 0 aliphatic heterocycles. The summed E-state index contributed by atoms with van der Waals surface area (Å²) in [7, 11) is 0. The van der Waals surface area contributed by atoms with E-state index >= 15 is 0 Å². The molecule has 1 aromatic heterocycles. The first-order chi connectivity index (χ1) is 13.4. The first-order valence-electron chi connectivity index (χ1n) is 9.26. The second kappa shape index (κ2) is 7.20. The van der Waals surface area contributed by atoms with Gasteiger partial charge >= 0.3 is 0 Å². The van der Waals surface area contributed by atoms with Crippen molar-refractivity contribution in [3.63, 3.8) is 0 Å². The lowest BCUT2D eigenvalue weighted by molar-refractivity contribution is 0.432. The molecule has 142 valence electrons. The number of hydrogen-bond acceptors (Lipinski definition) is 4. The van der Waals surface area contributed by atoms with Crippen LogP contribution in [0.3, 0.4) is 0 Å². The van der Waals surface area contributed by atoms with Gasteiger partial charge < -0.3 is 5.11 Å². The Morgan fingerprint density at radius 3 is 2.68 bits per heavy atom. The zero-order valence-corrected chi connectivity index (χ0v) is 16.6. The molecule has 0 saturated carbocycles. The molecular formula is C22H21N3O2S. The number of aromatic hydroxyl groups is 1. The molecule has 2 aromatic carbocycles. The van der Waals surface area contributed by atoms with Crippen LogP contribution in [-0.4, -0.2) is 20.9 Å². The Labute approximate surface area is 168 Å². The van der Waals surface area contributed by atoms with Crippen LogP contribution in [0.1, 0.15) is 34.2 Å². The number of aryl methyl sites for hydroxylation is 4. The molecule has 0 atom stereocenters. The lowest BCUT2D eigenvalue weighted by atomic mass is 10.1. The molecule has 28 heavy (non-hydrogen) atoms. The highest BCUT2D eigenvalue weighted by molar-refractivity contribution is 7.71. The van der Waals surface area contributed by atoms with Gasteiger partial charge in [-0.1, -0.05) is 12.1 Å². The van der Waals surface area contributed by atoms with Crippen molar-refractivity contribution >= 4 is 24.1 Å². The smallest absolute Gasteiger partial charge is 0.264 e. The Balaban J connectivity index is 1.78. The van der Waals surface area contributed by atoms with Gasteiger partial charge in [0.1, 0.15) is 5.56 Å². The number of aromatic amines is 1. The van der Waals surface area contributed by atoms with Crippen LogP contribution >= 0.6 is 12.2 Å². The molecule has 0 fully saturated rings. The highest BCUT2D eigenvalue weighted by Gasteiger charge is 2.14. The van der Waals surface area contributed by atoms with Gasteiger partial charge in [-0.3, -0.25) is 19.3 Å². The number of nitrogens with zero attached hydrogens (tertiary/aromatic N) is 2.